The SMILES string of the molecule is COc1ccc(C=CC=CC(=O)OCC=C(C)C)c(OC)c1OC. The van der Waals surface area contributed by atoms with Crippen LogP contribution in [0.4, 0.5) is 0 Å². The van der Waals surface area contributed by atoms with Crippen LogP contribution < -0.4 is 14.2 Å². The van der Waals surface area contributed by atoms with Crippen LogP contribution in [0.5, 0.6) is 17.2 Å². The Balaban J connectivity index is 2.78. The van der Waals surface area contributed by atoms with Crippen LogP contribution in [0.25, 0.3) is 6.08 Å². The molecule has 0 aliphatic rings. The lowest BCUT2D eigenvalue weighted by molar-refractivity contribution is -0.136. The molecule has 0 saturated heterocycles. The summed E-state index contributed by atoms with van der Waals surface area (Å²) in [5.74, 6) is 1.28. The zero-order valence-electron chi connectivity index (χ0n) is 14.8. The molecule has 0 atom stereocenters. The molecule has 5 nitrogen and oxygen atoms in total. The fraction of sp³-hybridized carbons (Fsp3) is 0.316. The van der Waals surface area contributed by atoms with Crippen molar-refractivity contribution in [2.75, 3.05) is 27.9 Å². The lowest BCUT2D eigenvalue weighted by Crippen LogP contribution is -2.00. The second-order valence-corrected chi connectivity index (χ2v) is 5.05. The van der Waals surface area contributed by atoms with Gasteiger partial charge in [-0.3, -0.25) is 0 Å². The van der Waals surface area contributed by atoms with Crippen molar-refractivity contribution in [3.8, 4) is 17.2 Å². The molecule has 0 spiro atoms. The summed E-state index contributed by atoms with van der Waals surface area (Å²) >= 11 is 0. The number of carbonyl (C=O) groups is 1. The van der Waals surface area contributed by atoms with E-state index < -0.39 is 5.97 Å². The number of carbonyl (C=O) groups excluding carboxylic acids is 1. The number of allylic oxidation sites excluding steroid dienone is 3. The van der Waals surface area contributed by atoms with Crippen LogP contribution in [-0.2, 0) is 9.53 Å². The molecule has 0 unspecified atom stereocenters. The Morgan fingerprint density at radius 2 is 1.71 bits per heavy atom. The van der Waals surface area contributed by atoms with Crippen molar-refractivity contribution in [2.24, 2.45) is 0 Å². The van der Waals surface area contributed by atoms with Gasteiger partial charge < -0.3 is 18.9 Å². The third kappa shape index (κ3) is 5.83. The fourth-order valence-electron chi connectivity index (χ4n) is 1.89. The molecule has 0 heterocycles. The molecule has 0 aliphatic heterocycles. The van der Waals surface area contributed by atoms with Gasteiger partial charge in [0.2, 0.25) is 5.75 Å². The van der Waals surface area contributed by atoms with Crippen molar-refractivity contribution in [1.29, 1.82) is 0 Å². The Labute approximate surface area is 143 Å². The van der Waals surface area contributed by atoms with E-state index in [0.29, 0.717) is 17.2 Å². The van der Waals surface area contributed by atoms with E-state index in [0.717, 1.165) is 11.1 Å². The van der Waals surface area contributed by atoms with Crippen LogP contribution in [0.3, 0.4) is 0 Å². The Morgan fingerprint density at radius 1 is 1.00 bits per heavy atom. The highest BCUT2D eigenvalue weighted by atomic mass is 16.5. The minimum absolute atomic E-state index is 0.277. The fourth-order valence-corrected chi connectivity index (χ4v) is 1.89. The molecule has 0 amide bonds. The van der Waals surface area contributed by atoms with Crippen LogP contribution in [0.1, 0.15) is 19.4 Å². The second-order valence-electron chi connectivity index (χ2n) is 5.05. The van der Waals surface area contributed by atoms with Gasteiger partial charge in [-0.25, -0.2) is 4.79 Å². The molecular formula is C19H24O5. The Bertz CT molecular complexity index is 637. The molecule has 0 saturated carbocycles. The van der Waals surface area contributed by atoms with E-state index in [1.165, 1.54) is 6.08 Å². The first-order chi connectivity index (χ1) is 11.5. The molecule has 1 aromatic carbocycles. The number of rotatable bonds is 8. The predicted octanol–water partition coefficient (Wildman–Crippen LogP) is 3.79. The Hall–Kier alpha value is -2.69. The van der Waals surface area contributed by atoms with Crippen LogP contribution in [0, 0.1) is 0 Å². The van der Waals surface area contributed by atoms with Gasteiger partial charge in [0.1, 0.15) is 6.61 Å². The summed E-state index contributed by atoms with van der Waals surface area (Å²) in [4.78, 5) is 11.5. The summed E-state index contributed by atoms with van der Waals surface area (Å²) in [5.41, 5.74) is 1.91. The zero-order valence-corrected chi connectivity index (χ0v) is 14.8. The maximum Gasteiger partial charge on any atom is 0.331 e. The lowest BCUT2D eigenvalue weighted by atomic mass is 10.1. The maximum atomic E-state index is 11.5. The van der Waals surface area contributed by atoms with Gasteiger partial charge in [-0.05, 0) is 32.1 Å². The van der Waals surface area contributed by atoms with Gasteiger partial charge in [0.05, 0.1) is 21.3 Å². The standard InChI is InChI=1S/C19H24O5/c1-14(2)12-13-24-17(20)9-7-6-8-15-10-11-16(21-3)19(23-5)18(15)22-4/h6-12H,13H2,1-5H3. The first kappa shape index (κ1) is 19.4. The number of benzene rings is 1. The van der Waals surface area contributed by atoms with Gasteiger partial charge in [0.25, 0.3) is 0 Å². The molecule has 0 radical (unpaired) electrons. The van der Waals surface area contributed by atoms with E-state index >= 15 is 0 Å². The summed E-state index contributed by atoms with van der Waals surface area (Å²) in [7, 11) is 4.68. The smallest absolute Gasteiger partial charge is 0.331 e. The number of hydrogen-bond donors (Lipinski definition) is 0. The van der Waals surface area contributed by atoms with E-state index in [1.54, 1.807) is 45.6 Å². The van der Waals surface area contributed by atoms with Crippen LogP contribution in [-0.4, -0.2) is 33.9 Å². The summed E-state index contributed by atoms with van der Waals surface area (Å²) in [5, 5.41) is 0. The van der Waals surface area contributed by atoms with Gasteiger partial charge in [-0.15, -0.1) is 0 Å². The molecule has 130 valence electrons. The minimum Gasteiger partial charge on any atom is -0.493 e. The van der Waals surface area contributed by atoms with Crippen molar-refractivity contribution >= 4 is 12.0 Å². The van der Waals surface area contributed by atoms with Gasteiger partial charge in [0, 0.05) is 11.6 Å². The average Bonchev–Trinajstić information content (AvgIpc) is 2.57. The van der Waals surface area contributed by atoms with E-state index in [4.69, 9.17) is 18.9 Å². The summed E-state index contributed by atoms with van der Waals surface area (Å²) in [6.07, 6.45) is 8.35. The monoisotopic (exact) mass is 332 g/mol. The van der Waals surface area contributed by atoms with Crippen LogP contribution >= 0.6 is 0 Å². The van der Waals surface area contributed by atoms with E-state index in [1.807, 2.05) is 26.0 Å². The van der Waals surface area contributed by atoms with Gasteiger partial charge in [0.15, 0.2) is 11.5 Å². The molecule has 5 heteroatoms. The summed E-state index contributed by atoms with van der Waals surface area (Å²) in [6, 6.07) is 3.64. The molecule has 0 bridgehead atoms. The van der Waals surface area contributed by atoms with Crippen LogP contribution in [0.15, 0.2) is 42.0 Å². The second kappa shape index (κ2) is 10.2. The molecular weight excluding hydrogens is 308 g/mol. The lowest BCUT2D eigenvalue weighted by Gasteiger charge is -2.13. The van der Waals surface area contributed by atoms with Crippen molar-refractivity contribution in [2.45, 2.75) is 13.8 Å². The van der Waals surface area contributed by atoms with E-state index in [2.05, 4.69) is 0 Å². The molecule has 24 heavy (non-hydrogen) atoms. The van der Waals surface area contributed by atoms with Crippen molar-refractivity contribution in [3.63, 3.8) is 0 Å². The minimum atomic E-state index is -0.392. The summed E-state index contributed by atoms with van der Waals surface area (Å²) < 4.78 is 21.0. The molecule has 0 aliphatic carbocycles. The molecule has 1 rings (SSSR count). The van der Waals surface area contributed by atoms with E-state index in [-0.39, 0.29) is 6.61 Å². The number of esters is 1. The quantitative estimate of drug-likeness (QED) is 0.314. The third-order valence-corrected chi connectivity index (χ3v) is 3.07. The normalized spacial score (nSPS) is 10.7. The molecule has 0 N–H and O–H groups in total. The molecule has 1 aromatic rings. The van der Waals surface area contributed by atoms with Crippen LogP contribution in [0.2, 0.25) is 0 Å². The Kier molecular flexibility index (Phi) is 8.19. The number of ether oxygens (including phenoxy) is 4. The van der Waals surface area contributed by atoms with Crippen molar-refractivity contribution in [3.05, 3.63) is 47.6 Å². The molecule has 0 fully saturated rings. The van der Waals surface area contributed by atoms with Gasteiger partial charge >= 0.3 is 5.97 Å². The highest BCUT2D eigenvalue weighted by Gasteiger charge is 2.13. The van der Waals surface area contributed by atoms with E-state index in [9.17, 15) is 4.79 Å². The highest BCUT2D eigenvalue weighted by Crippen LogP contribution is 2.40. The predicted molar refractivity (Wildman–Crippen MR) is 94.7 cm³/mol. The average molecular weight is 332 g/mol. The third-order valence-electron chi connectivity index (χ3n) is 3.07. The first-order valence-electron chi connectivity index (χ1n) is 7.47. The maximum absolute atomic E-state index is 11.5. The number of methoxy groups -OCH3 is 3. The summed E-state index contributed by atoms with van der Waals surface area (Å²) in [6.45, 7) is 4.17. The first-order valence-corrected chi connectivity index (χ1v) is 7.47. The zero-order chi connectivity index (χ0) is 17.9. The highest BCUT2D eigenvalue weighted by molar-refractivity contribution is 5.82. The van der Waals surface area contributed by atoms with Crippen molar-refractivity contribution < 1.29 is 23.7 Å². The number of hydrogen-bond acceptors (Lipinski definition) is 5. The molecule has 0 aromatic heterocycles. The Morgan fingerprint density at radius 3 is 2.29 bits per heavy atom. The largest absolute Gasteiger partial charge is 0.493 e. The van der Waals surface area contributed by atoms with Crippen molar-refractivity contribution in [1.82, 2.24) is 0 Å². The van der Waals surface area contributed by atoms with Gasteiger partial charge in [-0.1, -0.05) is 23.8 Å². The van der Waals surface area contributed by atoms with Gasteiger partial charge in [-0.2, -0.15) is 0 Å². The topological polar surface area (TPSA) is 54.0 Å².